The first-order valence-electron chi connectivity index (χ1n) is 8.25. The lowest BCUT2D eigenvalue weighted by Gasteiger charge is -2.32. The molecule has 0 bridgehead atoms. The minimum Gasteiger partial charge on any atom is -0.366 e. The SMILES string of the molecule is CC(C)CCNC(=O)C1CCN(c2ccccc2[N+](=O)[O-])CC1. The van der Waals surface area contributed by atoms with Crippen molar-refractivity contribution in [3.63, 3.8) is 0 Å². The quantitative estimate of drug-likeness (QED) is 0.646. The van der Waals surface area contributed by atoms with E-state index in [1.807, 2.05) is 11.0 Å². The van der Waals surface area contributed by atoms with E-state index in [-0.39, 0.29) is 22.4 Å². The molecule has 1 aromatic rings. The van der Waals surface area contributed by atoms with Crippen molar-refractivity contribution in [3.8, 4) is 0 Å². The van der Waals surface area contributed by atoms with Gasteiger partial charge in [0.1, 0.15) is 5.69 Å². The number of piperidine rings is 1. The fourth-order valence-corrected chi connectivity index (χ4v) is 2.90. The highest BCUT2D eigenvalue weighted by molar-refractivity contribution is 5.79. The number of amides is 1. The van der Waals surface area contributed by atoms with Gasteiger partial charge in [-0.05, 0) is 31.2 Å². The zero-order valence-corrected chi connectivity index (χ0v) is 13.8. The number of hydrogen-bond donors (Lipinski definition) is 1. The van der Waals surface area contributed by atoms with Crippen molar-refractivity contribution in [1.29, 1.82) is 0 Å². The van der Waals surface area contributed by atoms with E-state index in [9.17, 15) is 14.9 Å². The summed E-state index contributed by atoms with van der Waals surface area (Å²) in [5.74, 6) is 0.713. The third-order valence-corrected chi connectivity index (χ3v) is 4.31. The van der Waals surface area contributed by atoms with Crippen molar-refractivity contribution < 1.29 is 9.72 Å². The molecule has 0 saturated carbocycles. The van der Waals surface area contributed by atoms with Gasteiger partial charge >= 0.3 is 0 Å². The van der Waals surface area contributed by atoms with Crippen LogP contribution in [0.1, 0.15) is 33.1 Å². The Hall–Kier alpha value is -2.11. The van der Waals surface area contributed by atoms with Gasteiger partial charge in [-0.15, -0.1) is 0 Å². The number of para-hydroxylation sites is 2. The van der Waals surface area contributed by atoms with Gasteiger partial charge in [-0.3, -0.25) is 14.9 Å². The Balaban J connectivity index is 1.89. The molecular formula is C17H25N3O3. The van der Waals surface area contributed by atoms with Crippen molar-refractivity contribution in [3.05, 3.63) is 34.4 Å². The van der Waals surface area contributed by atoms with Gasteiger partial charge in [-0.2, -0.15) is 0 Å². The molecule has 1 heterocycles. The molecule has 1 aromatic carbocycles. The Morgan fingerprint density at radius 3 is 2.61 bits per heavy atom. The van der Waals surface area contributed by atoms with Crippen LogP contribution in [0.3, 0.4) is 0 Å². The summed E-state index contributed by atoms with van der Waals surface area (Å²) in [7, 11) is 0. The molecule has 1 N–H and O–H groups in total. The van der Waals surface area contributed by atoms with Crippen LogP contribution in [-0.2, 0) is 4.79 Å². The van der Waals surface area contributed by atoms with Gasteiger partial charge in [-0.25, -0.2) is 0 Å². The summed E-state index contributed by atoms with van der Waals surface area (Å²) < 4.78 is 0. The number of nitrogens with one attached hydrogen (secondary N) is 1. The maximum Gasteiger partial charge on any atom is 0.292 e. The van der Waals surface area contributed by atoms with E-state index in [0.29, 0.717) is 24.7 Å². The van der Waals surface area contributed by atoms with Gasteiger partial charge in [-0.1, -0.05) is 26.0 Å². The summed E-state index contributed by atoms with van der Waals surface area (Å²) in [5.41, 5.74) is 0.781. The van der Waals surface area contributed by atoms with Crippen LogP contribution < -0.4 is 10.2 Å². The molecule has 0 radical (unpaired) electrons. The predicted octanol–water partition coefficient (Wildman–Crippen LogP) is 2.97. The van der Waals surface area contributed by atoms with Crippen LogP contribution in [0.15, 0.2) is 24.3 Å². The highest BCUT2D eigenvalue weighted by Gasteiger charge is 2.27. The zero-order valence-electron chi connectivity index (χ0n) is 13.8. The van der Waals surface area contributed by atoms with E-state index in [4.69, 9.17) is 0 Å². The molecule has 23 heavy (non-hydrogen) atoms. The summed E-state index contributed by atoms with van der Waals surface area (Å²) in [5, 5.41) is 14.1. The molecule has 126 valence electrons. The summed E-state index contributed by atoms with van der Waals surface area (Å²) >= 11 is 0. The number of nitro benzene ring substituents is 1. The van der Waals surface area contributed by atoms with Crippen LogP contribution >= 0.6 is 0 Å². The largest absolute Gasteiger partial charge is 0.366 e. The molecule has 1 aliphatic heterocycles. The second-order valence-electron chi connectivity index (χ2n) is 6.48. The first-order valence-corrected chi connectivity index (χ1v) is 8.25. The van der Waals surface area contributed by atoms with Gasteiger partial charge in [0.2, 0.25) is 5.91 Å². The summed E-state index contributed by atoms with van der Waals surface area (Å²) in [6.45, 7) is 6.34. The van der Waals surface area contributed by atoms with E-state index in [0.717, 1.165) is 25.8 Å². The molecule has 1 saturated heterocycles. The van der Waals surface area contributed by atoms with Gasteiger partial charge in [0.25, 0.3) is 5.69 Å². The Bertz CT molecular complexity index is 552. The number of nitro groups is 1. The standard InChI is InChI=1S/C17H25N3O3/c1-13(2)7-10-18-17(21)14-8-11-19(12-9-14)15-5-3-4-6-16(15)20(22)23/h3-6,13-14H,7-12H2,1-2H3,(H,18,21). The third kappa shape index (κ3) is 4.68. The minimum absolute atomic E-state index is 0.0150. The summed E-state index contributed by atoms with van der Waals surface area (Å²) in [6, 6.07) is 6.80. The lowest BCUT2D eigenvalue weighted by atomic mass is 9.95. The molecule has 2 rings (SSSR count). The predicted molar refractivity (Wildman–Crippen MR) is 90.5 cm³/mol. The molecule has 1 fully saturated rings. The minimum atomic E-state index is -0.347. The topological polar surface area (TPSA) is 75.5 Å². The Morgan fingerprint density at radius 2 is 2.00 bits per heavy atom. The van der Waals surface area contributed by atoms with E-state index >= 15 is 0 Å². The van der Waals surface area contributed by atoms with E-state index in [2.05, 4.69) is 19.2 Å². The maximum absolute atomic E-state index is 12.2. The summed E-state index contributed by atoms with van der Waals surface area (Å²) in [6.07, 6.45) is 2.46. The second kappa shape index (κ2) is 7.94. The van der Waals surface area contributed by atoms with Crippen molar-refractivity contribution in [2.24, 2.45) is 11.8 Å². The van der Waals surface area contributed by atoms with Crippen LogP contribution in [0, 0.1) is 22.0 Å². The molecule has 0 aliphatic carbocycles. The van der Waals surface area contributed by atoms with Crippen LogP contribution in [0.5, 0.6) is 0 Å². The average Bonchev–Trinajstić information content (AvgIpc) is 2.54. The highest BCUT2D eigenvalue weighted by atomic mass is 16.6. The normalized spacial score (nSPS) is 15.7. The molecule has 0 spiro atoms. The maximum atomic E-state index is 12.2. The Kier molecular flexibility index (Phi) is 5.96. The summed E-state index contributed by atoms with van der Waals surface area (Å²) in [4.78, 5) is 24.9. The van der Waals surface area contributed by atoms with Crippen LogP contribution in [-0.4, -0.2) is 30.5 Å². The molecule has 6 nitrogen and oxygen atoms in total. The van der Waals surface area contributed by atoms with Crippen LogP contribution in [0.2, 0.25) is 0 Å². The smallest absolute Gasteiger partial charge is 0.292 e. The molecular weight excluding hydrogens is 294 g/mol. The van der Waals surface area contributed by atoms with E-state index in [1.54, 1.807) is 12.1 Å². The van der Waals surface area contributed by atoms with Crippen molar-refractivity contribution in [1.82, 2.24) is 5.32 Å². The fraction of sp³-hybridized carbons (Fsp3) is 0.588. The van der Waals surface area contributed by atoms with Crippen molar-refractivity contribution in [2.75, 3.05) is 24.5 Å². The fourth-order valence-electron chi connectivity index (χ4n) is 2.90. The molecule has 0 unspecified atom stereocenters. The number of nitrogens with zero attached hydrogens (tertiary/aromatic N) is 2. The third-order valence-electron chi connectivity index (χ3n) is 4.31. The van der Waals surface area contributed by atoms with E-state index in [1.165, 1.54) is 6.07 Å². The van der Waals surface area contributed by atoms with Crippen molar-refractivity contribution in [2.45, 2.75) is 33.1 Å². The van der Waals surface area contributed by atoms with Gasteiger partial charge < -0.3 is 10.2 Å². The number of anilines is 1. The molecule has 1 amide bonds. The van der Waals surface area contributed by atoms with Gasteiger partial charge in [0, 0.05) is 31.6 Å². The first kappa shape index (κ1) is 17.2. The highest BCUT2D eigenvalue weighted by Crippen LogP contribution is 2.31. The first-order chi connectivity index (χ1) is 11.0. The number of rotatable bonds is 6. The molecule has 0 atom stereocenters. The molecule has 0 aromatic heterocycles. The van der Waals surface area contributed by atoms with Crippen molar-refractivity contribution >= 4 is 17.3 Å². The monoisotopic (exact) mass is 319 g/mol. The molecule has 6 heteroatoms. The Labute approximate surface area is 137 Å². The lowest BCUT2D eigenvalue weighted by Crippen LogP contribution is -2.41. The van der Waals surface area contributed by atoms with E-state index < -0.39 is 0 Å². The second-order valence-corrected chi connectivity index (χ2v) is 6.48. The molecule has 1 aliphatic rings. The van der Waals surface area contributed by atoms with Gasteiger partial charge in [0.15, 0.2) is 0 Å². The number of hydrogen-bond acceptors (Lipinski definition) is 4. The Morgan fingerprint density at radius 1 is 1.35 bits per heavy atom. The number of benzene rings is 1. The van der Waals surface area contributed by atoms with Gasteiger partial charge in [0.05, 0.1) is 4.92 Å². The zero-order chi connectivity index (χ0) is 16.8. The number of carbonyl (C=O) groups is 1. The van der Waals surface area contributed by atoms with Crippen LogP contribution in [0.25, 0.3) is 0 Å². The number of carbonyl (C=O) groups excluding carboxylic acids is 1. The lowest BCUT2D eigenvalue weighted by molar-refractivity contribution is -0.384. The van der Waals surface area contributed by atoms with Crippen LogP contribution in [0.4, 0.5) is 11.4 Å². The average molecular weight is 319 g/mol.